The number of rotatable bonds is 4. The Kier molecular flexibility index (Phi) is 3.96. The maximum atomic E-state index is 5.14. The molecule has 0 saturated heterocycles. The van der Waals surface area contributed by atoms with Crippen LogP contribution in [0.3, 0.4) is 0 Å². The van der Waals surface area contributed by atoms with Crippen LogP contribution < -0.4 is 5.32 Å². The van der Waals surface area contributed by atoms with Crippen LogP contribution in [0.4, 0.5) is 5.82 Å². The van der Waals surface area contributed by atoms with Crippen LogP contribution in [0, 0.1) is 13.8 Å². The molecule has 2 aromatic heterocycles. The average Bonchev–Trinajstić information content (AvgIpc) is 2.68. The second-order valence-corrected chi connectivity index (χ2v) is 4.87. The summed E-state index contributed by atoms with van der Waals surface area (Å²) in [6.07, 6.45) is 2.78. The van der Waals surface area contributed by atoms with E-state index in [9.17, 15) is 0 Å². The molecule has 5 nitrogen and oxygen atoms in total. The lowest BCUT2D eigenvalue weighted by Gasteiger charge is -2.07. The summed E-state index contributed by atoms with van der Waals surface area (Å²) in [5, 5.41) is 7.17. The standard InChI is InChI=1S/C12H15BrN4O/c1-4-5-14-11-9(13)6-15-12(16-11)10-7(2)17-18-8(10)3/h6H,4-5H2,1-3H3,(H,14,15,16). The molecule has 18 heavy (non-hydrogen) atoms. The molecular formula is C12H15BrN4O. The summed E-state index contributed by atoms with van der Waals surface area (Å²) in [4.78, 5) is 8.82. The third-order valence-corrected chi connectivity index (χ3v) is 3.12. The van der Waals surface area contributed by atoms with Crippen molar-refractivity contribution in [2.24, 2.45) is 0 Å². The lowest BCUT2D eigenvalue weighted by atomic mass is 10.2. The third-order valence-electron chi connectivity index (χ3n) is 2.54. The van der Waals surface area contributed by atoms with E-state index in [-0.39, 0.29) is 0 Å². The van der Waals surface area contributed by atoms with Crippen molar-refractivity contribution >= 4 is 21.7 Å². The Morgan fingerprint density at radius 3 is 2.78 bits per heavy atom. The fourth-order valence-corrected chi connectivity index (χ4v) is 1.99. The number of aryl methyl sites for hydroxylation is 2. The first-order chi connectivity index (χ1) is 8.63. The molecule has 0 aliphatic heterocycles. The van der Waals surface area contributed by atoms with Crippen molar-refractivity contribution in [1.29, 1.82) is 0 Å². The van der Waals surface area contributed by atoms with Crippen molar-refractivity contribution in [3.8, 4) is 11.4 Å². The van der Waals surface area contributed by atoms with Gasteiger partial charge in [0.05, 0.1) is 15.7 Å². The highest BCUT2D eigenvalue weighted by Crippen LogP contribution is 2.27. The van der Waals surface area contributed by atoms with Gasteiger partial charge >= 0.3 is 0 Å². The van der Waals surface area contributed by atoms with E-state index in [1.165, 1.54) is 0 Å². The van der Waals surface area contributed by atoms with Crippen molar-refractivity contribution in [2.45, 2.75) is 27.2 Å². The molecule has 0 spiro atoms. The van der Waals surface area contributed by atoms with Crippen molar-refractivity contribution in [2.75, 3.05) is 11.9 Å². The van der Waals surface area contributed by atoms with E-state index in [0.717, 1.165) is 40.3 Å². The zero-order chi connectivity index (χ0) is 13.1. The molecule has 2 heterocycles. The summed E-state index contributed by atoms with van der Waals surface area (Å²) < 4.78 is 5.99. The molecule has 0 saturated carbocycles. The van der Waals surface area contributed by atoms with Crippen molar-refractivity contribution in [1.82, 2.24) is 15.1 Å². The molecule has 0 bridgehead atoms. The summed E-state index contributed by atoms with van der Waals surface area (Å²) in [5.74, 6) is 2.16. The summed E-state index contributed by atoms with van der Waals surface area (Å²) in [6.45, 7) is 6.73. The Labute approximate surface area is 114 Å². The lowest BCUT2D eigenvalue weighted by molar-refractivity contribution is 0.393. The minimum Gasteiger partial charge on any atom is -0.369 e. The average molecular weight is 311 g/mol. The second-order valence-electron chi connectivity index (χ2n) is 4.02. The van der Waals surface area contributed by atoms with E-state index in [1.54, 1.807) is 6.20 Å². The first kappa shape index (κ1) is 13.0. The van der Waals surface area contributed by atoms with Crippen LogP contribution in [0.5, 0.6) is 0 Å². The highest BCUT2D eigenvalue weighted by atomic mass is 79.9. The van der Waals surface area contributed by atoms with Gasteiger partial charge in [-0.15, -0.1) is 0 Å². The van der Waals surface area contributed by atoms with Gasteiger partial charge in [0, 0.05) is 12.7 Å². The van der Waals surface area contributed by atoms with Gasteiger partial charge in [-0.2, -0.15) is 0 Å². The highest BCUT2D eigenvalue weighted by molar-refractivity contribution is 9.10. The first-order valence-electron chi connectivity index (χ1n) is 5.83. The Bertz CT molecular complexity index is 534. The van der Waals surface area contributed by atoms with Crippen LogP contribution in [-0.2, 0) is 0 Å². The predicted octanol–water partition coefficient (Wildman–Crippen LogP) is 3.33. The number of aromatic nitrogens is 3. The second kappa shape index (κ2) is 5.48. The SMILES string of the molecule is CCCNc1nc(-c2c(C)noc2C)ncc1Br. The zero-order valence-electron chi connectivity index (χ0n) is 10.6. The van der Waals surface area contributed by atoms with Crippen LogP contribution in [0.1, 0.15) is 24.8 Å². The van der Waals surface area contributed by atoms with Gasteiger partial charge in [0.25, 0.3) is 0 Å². The molecule has 0 fully saturated rings. The third kappa shape index (κ3) is 2.53. The van der Waals surface area contributed by atoms with Crippen LogP contribution >= 0.6 is 15.9 Å². The first-order valence-corrected chi connectivity index (χ1v) is 6.62. The quantitative estimate of drug-likeness (QED) is 0.938. The van der Waals surface area contributed by atoms with E-state index in [0.29, 0.717) is 5.82 Å². The highest BCUT2D eigenvalue weighted by Gasteiger charge is 2.15. The molecule has 6 heteroatoms. The number of halogens is 1. The van der Waals surface area contributed by atoms with Gasteiger partial charge in [0.15, 0.2) is 5.82 Å². The van der Waals surface area contributed by atoms with Crippen molar-refractivity contribution < 1.29 is 4.52 Å². The van der Waals surface area contributed by atoms with Gasteiger partial charge in [-0.1, -0.05) is 12.1 Å². The fourth-order valence-electron chi connectivity index (χ4n) is 1.66. The molecule has 0 aromatic carbocycles. The molecule has 0 aliphatic carbocycles. The van der Waals surface area contributed by atoms with E-state index in [2.05, 4.69) is 43.3 Å². The molecule has 0 atom stereocenters. The Morgan fingerprint density at radius 1 is 1.39 bits per heavy atom. The number of hydrogen-bond acceptors (Lipinski definition) is 5. The zero-order valence-corrected chi connectivity index (χ0v) is 12.2. The maximum Gasteiger partial charge on any atom is 0.167 e. The van der Waals surface area contributed by atoms with E-state index >= 15 is 0 Å². The largest absolute Gasteiger partial charge is 0.369 e. The van der Waals surface area contributed by atoms with Gasteiger partial charge in [-0.05, 0) is 36.2 Å². The molecule has 0 unspecified atom stereocenters. The van der Waals surface area contributed by atoms with Crippen molar-refractivity contribution in [3.63, 3.8) is 0 Å². The summed E-state index contributed by atoms with van der Waals surface area (Å²) >= 11 is 3.43. The number of nitrogens with one attached hydrogen (secondary N) is 1. The molecule has 2 aromatic rings. The Morgan fingerprint density at radius 2 is 2.17 bits per heavy atom. The molecule has 0 amide bonds. The van der Waals surface area contributed by atoms with Gasteiger partial charge in [-0.3, -0.25) is 0 Å². The van der Waals surface area contributed by atoms with Gasteiger partial charge < -0.3 is 9.84 Å². The topological polar surface area (TPSA) is 63.8 Å². The molecule has 1 N–H and O–H groups in total. The van der Waals surface area contributed by atoms with E-state index in [4.69, 9.17) is 4.52 Å². The lowest BCUT2D eigenvalue weighted by Crippen LogP contribution is -2.04. The molecule has 2 rings (SSSR count). The molecule has 96 valence electrons. The predicted molar refractivity (Wildman–Crippen MR) is 73.5 cm³/mol. The van der Waals surface area contributed by atoms with Crippen molar-refractivity contribution in [3.05, 3.63) is 22.1 Å². The fraction of sp³-hybridized carbons (Fsp3) is 0.417. The summed E-state index contributed by atoms with van der Waals surface area (Å²) in [6, 6.07) is 0. The van der Waals surface area contributed by atoms with Crippen LogP contribution in [-0.4, -0.2) is 21.7 Å². The minimum absolute atomic E-state index is 0.632. The van der Waals surface area contributed by atoms with E-state index in [1.807, 2.05) is 13.8 Å². The number of anilines is 1. The van der Waals surface area contributed by atoms with Crippen LogP contribution in [0.2, 0.25) is 0 Å². The van der Waals surface area contributed by atoms with E-state index < -0.39 is 0 Å². The smallest absolute Gasteiger partial charge is 0.167 e. The Balaban J connectivity index is 2.40. The number of hydrogen-bond donors (Lipinski definition) is 1. The number of nitrogens with zero attached hydrogens (tertiary/aromatic N) is 3. The summed E-state index contributed by atoms with van der Waals surface area (Å²) in [7, 11) is 0. The molecule has 0 aliphatic rings. The van der Waals surface area contributed by atoms with Gasteiger partial charge in [0.2, 0.25) is 0 Å². The summed E-state index contributed by atoms with van der Waals surface area (Å²) in [5.41, 5.74) is 1.67. The minimum atomic E-state index is 0.632. The normalized spacial score (nSPS) is 10.7. The molecule has 0 radical (unpaired) electrons. The van der Waals surface area contributed by atoms with Gasteiger partial charge in [0.1, 0.15) is 11.6 Å². The Hall–Kier alpha value is -1.43. The maximum absolute atomic E-state index is 5.14. The van der Waals surface area contributed by atoms with Gasteiger partial charge in [-0.25, -0.2) is 9.97 Å². The van der Waals surface area contributed by atoms with Crippen LogP contribution in [0.15, 0.2) is 15.2 Å². The monoisotopic (exact) mass is 310 g/mol. The van der Waals surface area contributed by atoms with Crippen LogP contribution in [0.25, 0.3) is 11.4 Å². The molecular weight excluding hydrogens is 296 g/mol.